The van der Waals surface area contributed by atoms with Gasteiger partial charge in [0.1, 0.15) is 0 Å². The van der Waals surface area contributed by atoms with Crippen molar-refractivity contribution in [3.63, 3.8) is 0 Å². The highest BCUT2D eigenvalue weighted by atomic mass is 32.2. The van der Waals surface area contributed by atoms with Crippen LogP contribution in [-0.2, 0) is 16.4 Å². The van der Waals surface area contributed by atoms with Gasteiger partial charge in [-0.2, -0.15) is 4.31 Å². The molecule has 1 aromatic rings. The van der Waals surface area contributed by atoms with Crippen LogP contribution < -0.4 is 5.32 Å². The van der Waals surface area contributed by atoms with Crippen LogP contribution in [0.5, 0.6) is 0 Å². The summed E-state index contributed by atoms with van der Waals surface area (Å²) in [7, 11) is -3.17. The fourth-order valence-corrected chi connectivity index (χ4v) is 3.45. The van der Waals surface area contributed by atoms with Crippen LogP contribution in [0.1, 0.15) is 31.0 Å². The highest BCUT2D eigenvalue weighted by molar-refractivity contribution is 7.88. The summed E-state index contributed by atoms with van der Waals surface area (Å²) in [4.78, 5) is 14.0. The third-order valence-electron chi connectivity index (χ3n) is 4.22. The van der Waals surface area contributed by atoms with Gasteiger partial charge in [0.05, 0.1) is 12.3 Å². The molecule has 2 rings (SSSR count). The predicted molar refractivity (Wildman–Crippen MR) is 90.8 cm³/mol. The zero-order chi connectivity index (χ0) is 17.0. The first-order valence-electron chi connectivity index (χ1n) is 7.90. The van der Waals surface area contributed by atoms with Crippen LogP contribution in [-0.4, -0.2) is 56.1 Å². The molecule has 0 aliphatic carbocycles. The number of hydrogen-bond donors (Lipinski definition) is 1. The molecule has 1 aliphatic heterocycles. The van der Waals surface area contributed by atoms with Gasteiger partial charge in [-0.05, 0) is 24.5 Å². The number of nitrogens with zero attached hydrogens (tertiary/aromatic N) is 2. The molecule has 1 saturated heterocycles. The summed E-state index contributed by atoms with van der Waals surface area (Å²) in [6, 6.07) is 7.98. The van der Waals surface area contributed by atoms with E-state index < -0.39 is 10.0 Å². The Morgan fingerprint density at radius 2 is 1.74 bits per heavy atom. The Hall–Kier alpha value is -1.60. The number of piperazine rings is 1. The normalized spacial score (nSPS) is 17.8. The second-order valence-electron chi connectivity index (χ2n) is 5.92. The minimum atomic E-state index is -3.17. The molecule has 1 aromatic carbocycles. The van der Waals surface area contributed by atoms with E-state index in [9.17, 15) is 13.2 Å². The highest BCUT2D eigenvalue weighted by Crippen LogP contribution is 2.15. The number of rotatable bonds is 4. The van der Waals surface area contributed by atoms with Gasteiger partial charge >= 0.3 is 6.03 Å². The first-order chi connectivity index (χ1) is 10.8. The summed E-state index contributed by atoms with van der Waals surface area (Å²) in [6.45, 7) is 5.60. The van der Waals surface area contributed by atoms with E-state index in [-0.39, 0.29) is 12.1 Å². The minimum Gasteiger partial charge on any atom is -0.331 e. The SMILES string of the molecule is CCc1ccc(C(C)NC(=O)N2CCN(S(C)(=O)=O)CC2)cc1. The number of aryl methyl sites for hydroxylation is 1. The maximum Gasteiger partial charge on any atom is 0.317 e. The van der Waals surface area contributed by atoms with Crippen molar-refractivity contribution < 1.29 is 13.2 Å². The summed E-state index contributed by atoms with van der Waals surface area (Å²) in [6.07, 6.45) is 2.19. The molecule has 7 heteroatoms. The quantitative estimate of drug-likeness (QED) is 0.906. The van der Waals surface area contributed by atoms with Crippen LogP contribution in [0.2, 0.25) is 0 Å². The first kappa shape index (κ1) is 17.7. The molecule has 23 heavy (non-hydrogen) atoms. The molecule has 1 N–H and O–H groups in total. The number of nitrogens with one attached hydrogen (secondary N) is 1. The Morgan fingerprint density at radius 3 is 2.22 bits per heavy atom. The van der Waals surface area contributed by atoms with Gasteiger partial charge in [-0.25, -0.2) is 13.2 Å². The fourth-order valence-electron chi connectivity index (χ4n) is 2.62. The summed E-state index contributed by atoms with van der Waals surface area (Å²) < 4.78 is 24.4. The summed E-state index contributed by atoms with van der Waals surface area (Å²) >= 11 is 0. The third kappa shape index (κ3) is 4.68. The molecule has 2 amide bonds. The van der Waals surface area contributed by atoms with E-state index in [1.807, 2.05) is 19.1 Å². The Balaban J connectivity index is 1.89. The average molecular weight is 339 g/mol. The molecule has 0 aromatic heterocycles. The van der Waals surface area contributed by atoms with Gasteiger partial charge in [-0.1, -0.05) is 31.2 Å². The standard InChI is InChI=1S/C16H25N3O3S/c1-4-14-5-7-15(8-6-14)13(2)17-16(20)18-9-11-19(12-10-18)23(3,21)22/h5-8,13H,4,9-12H2,1-3H3,(H,17,20). The van der Waals surface area contributed by atoms with Gasteiger partial charge in [0.25, 0.3) is 0 Å². The molecule has 1 unspecified atom stereocenters. The number of sulfonamides is 1. The molecule has 0 bridgehead atoms. The van der Waals surface area contributed by atoms with Crippen LogP contribution in [0.15, 0.2) is 24.3 Å². The van der Waals surface area contributed by atoms with E-state index >= 15 is 0 Å². The number of benzene rings is 1. The molecule has 0 radical (unpaired) electrons. The Morgan fingerprint density at radius 1 is 1.17 bits per heavy atom. The van der Waals surface area contributed by atoms with Crippen molar-refractivity contribution in [1.82, 2.24) is 14.5 Å². The van der Waals surface area contributed by atoms with Crippen LogP contribution in [0.4, 0.5) is 4.79 Å². The first-order valence-corrected chi connectivity index (χ1v) is 9.75. The Labute approximate surface area is 138 Å². The topological polar surface area (TPSA) is 69.7 Å². The van der Waals surface area contributed by atoms with Crippen molar-refractivity contribution in [2.24, 2.45) is 0 Å². The largest absolute Gasteiger partial charge is 0.331 e. The monoisotopic (exact) mass is 339 g/mol. The lowest BCUT2D eigenvalue weighted by Gasteiger charge is -2.34. The molecule has 1 heterocycles. The van der Waals surface area contributed by atoms with Crippen molar-refractivity contribution in [2.45, 2.75) is 26.3 Å². The van der Waals surface area contributed by atoms with Gasteiger partial charge in [-0.15, -0.1) is 0 Å². The fraction of sp³-hybridized carbons (Fsp3) is 0.562. The number of carbonyl (C=O) groups is 1. The molecule has 1 aliphatic rings. The van der Waals surface area contributed by atoms with Gasteiger partial charge in [0.15, 0.2) is 0 Å². The highest BCUT2D eigenvalue weighted by Gasteiger charge is 2.26. The summed E-state index contributed by atoms with van der Waals surface area (Å²) in [5, 5.41) is 2.98. The van der Waals surface area contributed by atoms with Crippen molar-refractivity contribution in [1.29, 1.82) is 0 Å². The zero-order valence-corrected chi connectivity index (χ0v) is 14.8. The molecule has 0 spiro atoms. The molecule has 128 valence electrons. The second-order valence-corrected chi connectivity index (χ2v) is 7.90. The van der Waals surface area contributed by atoms with E-state index in [0.717, 1.165) is 12.0 Å². The number of urea groups is 1. The lowest BCUT2D eigenvalue weighted by molar-refractivity contribution is 0.170. The van der Waals surface area contributed by atoms with E-state index in [1.165, 1.54) is 16.1 Å². The number of hydrogen-bond acceptors (Lipinski definition) is 3. The van der Waals surface area contributed by atoms with E-state index in [2.05, 4.69) is 24.4 Å². The van der Waals surface area contributed by atoms with Gasteiger partial charge in [0.2, 0.25) is 10.0 Å². The molecular formula is C16H25N3O3S. The number of carbonyl (C=O) groups excluding carboxylic acids is 1. The van der Waals surface area contributed by atoms with Gasteiger partial charge in [0, 0.05) is 26.2 Å². The molecule has 1 fully saturated rings. The summed E-state index contributed by atoms with van der Waals surface area (Å²) in [5.41, 5.74) is 2.33. The second kappa shape index (κ2) is 7.31. The zero-order valence-electron chi connectivity index (χ0n) is 13.9. The van der Waals surface area contributed by atoms with Crippen molar-refractivity contribution >= 4 is 16.1 Å². The lowest BCUT2D eigenvalue weighted by Crippen LogP contribution is -2.53. The Kier molecular flexibility index (Phi) is 5.64. The lowest BCUT2D eigenvalue weighted by atomic mass is 10.1. The van der Waals surface area contributed by atoms with Crippen LogP contribution >= 0.6 is 0 Å². The average Bonchev–Trinajstić information content (AvgIpc) is 2.54. The van der Waals surface area contributed by atoms with E-state index in [1.54, 1.807) is 4.90 Å². The predicted octanol–water partition coefficient (Wildman–Crippen LogP) is 1.60. The van der Waals surface area contributed by atoms with E-state index in [0.29, 0.717) is 26.2 Å². The summed E-state index contributed by atoms with van der Waals surface area (Å²) in [5.74, 6) is 0. The Bertz CT molecular complexity index is 635. The van der Waals surface area contributed by atoms with Crippen molar-refractivity contribution in [3.05, 3.63) is 35.4 Å². The molecular weight excluding hydrogens is 314 g/mol. The van der Waals surface area contributed by atoms with Gasteiger partial charge in [-0.3, -0.25) is 0 Å². The maximum absolute atomic E-state index is 12.3. The molecule has 6 nitrogen and oxygen atoms in total. The van der Waals surface area contributed by atoms with Crippen LogP contribution in [0.3, 0.4) is 0 Å². The minimum absolute atomic E-state index is 0.0821. The van der Waals surface area contributed by atoms with Gasteiger partial charge < -0.3 is 10.2 Å². The van der Waals surface area contributed by atoms with Crippen LogP contribution in [0, 0.1) is 0 Å². The van der Waals surface area contributed by atoms with Crippen molar-refractivity contribution in [3.8, 4) is 0 Å². The molecule has 0 saturated carbocycles. The maximum atomic E-state index is 12.3. The number of amides is 2. The van der Waals surface area contributed by atoms with E-state index in [4.69, 9.17) is 0 Å². The van der Waals surface area contributed by atoms with Crippen molar-refractivity contribution in [2.75, 3.05) is 32.4 Å². The third-order valence-corrected chi connectivity index (χ3v) is 5.53. The molecule has 1 atom stereocenters. The smallest absolute Gasteiger partial charge is 0.317 e. The van der Waals surface area contributed by atoms with Crippen LogP contribution in [0.25, 0.3) is 0 Å².